The Morgan fingerprint density at radius 1 is 1.75 bits per heavy atom. The SMILES string of the molecule is CCOC(=O)C(C)c1cn2nc(N)sc2n1. The van der Waals surface area contributed by atoms with Crippen molar-refractivity contribution in [2.45, 2.75) is 19.8 Å². The fourth-order valence-corrected chi connectivity index (χ4v) is 1.98. The third-order valence-corrected chi connectivity index (χ3v) is 2.91. The molecule has 0 bridgehead atoms. The first-order chi connectivity index (χ1) is 7.61. The molecule has 2 N–H and O–H groups in total. The highest BCUT2D eigenvalue weighted by Gasteiger charge is 2.20. The number of imidazole rings is 1. The summed E-state index contributed by atoms with van der Waals surface area (Å²) in [6.45, 7) is 3.91. The summed E-state index contributed by atoms with van der Waals surface area (Å²) in [4.78, 5) is 16.5. The maximum absolute atomic E-state index is 11.5. The molecule has 1 unspecified atom stereocenters. The van der Waals surface area contributed by atoms with E-state index in [-0.39, 0.29) is 11.9 Å². The van der Waals surface area contributed by atoms with Crippen molar-refractivity contribution in [2.24, 2.45) is 0 Å². The zero-order valence-corrected chi connectivity index (χ0v) is 9.82. The molecule has 0 amide bonds. The molecule has 7 heteroatoms. The highest BCUT2D eigenvalue weighted by atomic mass is 32.1. The van der Waals surface area contributed by atoms with E-state index in [1.807, 2.05) is 0 Å². The molecule has 0 spiro atoms. The van der Waals surface area contributed by atoms with Gasteiger partial charge in [0.2, 0.25) is 10.1 Å². The minimum atomic E-state index is -0.380. The van der Waals surface area contributed by atoms with Gasteiger partial charge in [-0.1, -0.05) is 11.3 Å². The first-order valence-electron chi connectivity index (χ1n) is 4.90. The Labute approximate surface area is 96.0 Å². The Morgan fingerprint density at radius 2 is 2.50 bits per heavy atom. The monoisotopic (exact) mass is 240 g/mol. The number of rotatable bonds is 3. The van der Waals surface area contributed by atoms with Gasteiger partial charge in [-0.2, -0.15) is 0 Å². The number of hydrogen-bond acceptors (Lipinski definition) is 6. The van der Waals surface area contributed by atoms with Crippen LogP contribution in [-0.2, 0) is 9.53 Å². The van der Waals surface area contributed by atoms with Gasteiger partial charge in [-0.05, 0) is 13.8 Å². The van der Waals surface area contributed by atoms with Crippen LogP contribution < -0.4 is 5.73 Å². The number of fused-ring (bicyclic) bond motifs is 1. The molecule has 16 heavy (non-hydrogen) atoms. The molecule has 0 aliphatic carbocycles. The summed E-state index contributed by atoms with van der Waals surface area (Å²) in [6.07, 6.45) is 1.70. The molecule has 2 heterocycles. The third kappa shape index (κ3) is 1.85. The van der Waals surface area contributed by atoms with Crippen molar-refractivity contribution in [3.05, 3.63) is 11.9 Å². The summed E-state index contributed by atoms with van der Waals surface area (Å²) in [5.41, 5.74) is 6.17. The van der Waals surface area contributed by atoms with E-state index < -0.39 is 0 Å². The second-order valence-electron chi connectivity index (χ2n) is 3.31. The third-order valence-electron chi connectivity index (χ3n) is 2.16. The molecule has 2 aromatic heterocycles. The maximum atomic E-state index is 11.5. The zero-order chi connectivity index (χ0) is 11.7. The number of nitrogens with zero attached hydrogens (tertiary/aromatic N) is 3. The highest BCUT2D eigenvalue weighted by molar-refractivity contribution is 7.20. The van der Waals surface area contributed by atoms with Gasteiger partial charge in [-0.3, -0.25) is 4.79 Å². The number of anilines is 1. The van der Waals surface area contributed by atoms with Gasteiger partial charge in [-0.25, -0.2) is 9.50 Å². The van der Waals surface area contributed by atoms with Crippen LogP contribution in [0.5, 0.6) is 0 Å². The Hall–Kier alpha value is -1.63. The lowest BCUT2D eigenvalue weighted by Gasteiger charge is -2.06. The number of esters is 1. The number of carbonyl (C=O) groups excluding carboxylic acids is 1. The minimum Gasteiger partial charge on any atom is -0.465 e. The second kappa shape index (κ2) is 4.09. The number of nitrogens with two attached hydrogens (primary N) is 1. The molecule has 1 atom stereocenters. The average Bonchev–Trinajstić information content (AvgIpc) is 2.73. The molecule has 2 rings (SSSR count). The van der Waals surface area contributed by atoms with Gasteiger partial charge in [-0.15, -0.1) is 5.10 Å². The largest absolute Gasteiger partial charge is 0.465 e. The molecule has 0 saturated heterocycles. The van der Waals surface area contributed by atoms with Crippen LogP contribution in [-0.4, -0.2) is 27.2 Å². The van der Waals surface area contributed by atoms with Crippen LogP contribution in [0.2, 0.25) is 0 Å². The van der Waals surface area contributed by atoms with Crippen LogP contribution in [0, 0.1) is 0 Å². The number of ether oxygens (including phenoxy) is 1. The maximum Gasteiger partial charge on any atom is 0.314 e. The van der Waals surface area contributed by atoms with Crippen molar-refractivity contribution in [2.75, 3.05) is 12.3 Å². The van der Waals surface area contributed by atoms with Crippen LogP contribution in [0.3, 0.4) is 0 Å². The fraction of sp³-hybridized carbons (Fsp3) is 0.444. The number of nitrogen functional groups attached to an aromatic ring is 1. The normalized spacial score (nSPS) is 12.9. The molecule has 0 radical (unpaired) electrons. The van der Waals surface area contributed by atoms with Gasteiger partial charge in [0.05, 0.1) is 24.4 Å². The number of aromatic nitrogens is 3. The molecule has 0 aliphatic heterocycles. The van der Waals surface area contributed by atoms with Crippen LogP contribution in [0.4, 0.5) is 5.13 Å². The Balaban J connectivity index is 2.26. The van der Waals surface area contributed by atoms with Crippen LogP contribution in [0.25, 0.3) is 4.96 Å². The van der Waals surface area contributed by atoms with E-state index >= 15 is 0 Å². The summed E-state index contributed by atoms with van der Waals surface area (Å²) in [6, 6.07) is 0. The van der Waals surface area contributed by atoms with E-state index in [0.29, 0.717) is 22.4 Å². The highest BCUT2D eigenvalue weighted by Crippen LogP contribution is 2.21. The van der Waals surface area contributed by atoms with Crippen molar-refractivity contribution in [3.63, 3.8) is 0 Å². The van der Waals surface area contributed by atoms with Crippen molar-refractivity contribution < 1.29 is 9.53 Å². The van der Waals surface area contributed by atoms with Crippen molar-refractivity contribution in [1.29, 1.82) is 0 Å². The molecule has 0 aromatic carbocycles. The van der Waals surface area contributed by atoms with Gasteiger partial charge in [0.15, 0.2) is 0 Å². The van der Waals surface area contributed by atoms with E-state index in [4.69, 9.17) is 10.5 Å². The standard InChI is InChI=1S/C9H12N4O2S/c1-3-15-7(14)5(2)6-4-13-9(11-6)16-8(10)12-13/h4-5H,3H2,1-2H3,(H2,10,12). The second-order valence-corrected chi connectivity index (χ2v) is 4.29. The Morgan fingerprint density at radius 3 is 3.12 bits per heavy atom. The van der Waals surface area contributed by atoms with E-state index in [2.05, 4.69) is 10.1 Å². The summed E-state index contributed by atoms with van der Waals surface area (Å²) in [5.74, 6) is -0.656. The first-order valence-corrected chi connectivity index (χ1v) is 5.71. The fourth-order valence-electron chi connectivity index (χ4n) is 1.33. The predicted molar refractivity (Wildman–Crippen MR) is 60.3 cm³/mol. The van der Waals surface area contributed by atoms with E-state index in [1.165, 1.54) is 11.3 Å². The number of carbonyl (C=O) groups is 1. The zero-order valence-electron chi connectivity index (χ0n) is 9.01. The van der Waals surface area contributed by atoms with Gasteiger partial charge in [0.25, 0.3) is 0 Å². The molecule has 6 nitrogen and oxygen atoms in total. The predicted octanol–water partition coefficient (Wildman–Crippen LogP) is 1.04. The minimum absolute atomic E-state index is 0.277. The molecule has 2 aromatic rings. The first kappa shape index (κ1) is 10.9. The Bertz CT molecular complexity index is 487. The molecule has 0 fully saturated rings. The Kier molecular flexibility index (Phi) is 2.78. The lowest BCUT2D eigenvalue weighted by Crippen LogP contribution is -2.13. The van der Waals surface area contributed by atoms with Gasteiger partial charge in [0.1, 0.15) is 0 Å². The molecule has 86 valence electrons. The summed E-state index contributed by atoms with van der Waals surface area (Å²) in [7, 11) is 0. The lowest BCUT2D eigenvalue weighted by molar-refractivity contribution is -0.144. The topological polar surface area (TPSA) is 82.5 Å². The lowest BCUT2D eigenvalue weighted by atomic mass is 10.1. The average molecular weight is 240 g/mol. The molecular weight excluding hydrogens is 228 g/mol. The van der Waals surface area contributed by atoms with Gasteiger partial charge < -0.3 is 10.5 Å². The molecule has 0 aliphatic rings. The summed E-state index contributed by atoms with van der Waals surface area (Å²) in [5, 5.41) is 4.48. The van der Waals surface area contributed by atoms with Crippen LogP contribution in [0.1, 0.15) is 25.5 Å². The smallest absolute Gasteiger partial charge is 0.314 e. The summed E-state index contributed by atoms with van der Waals surface area (Å²) < 4.78 is 6.50. The molecular formula is C9H12N4O2S. The van der Waals surface area contributed by atoms with Crippen LogP contribution in [0.15, 0.2) is 6.20 Å². The van der Waals surface area contributed by atoms with E-state index in [1.54, 1.807) is 24.6 Å². The van der Waals surface area contributed by atoms with Crippen molar-refractivity contribution in [3.8, 4) is 0 Å². The van der Waals surface area contributed by atoms with Crippen LogP contribution >= 0.6 is 11.3 Å². The summed E-state index contributed by atoms with van der Waals surface area (Å²) >= 11 is 1.28. The van der Waals surface area contributed by atoms with E-state index in [0.717, 1.165) is 0 Å². The van der Waals surface area contributed by atoms with E-state index in [9.17, 15) is 4.79 Å². The van der Waals surface area contributed by atoms with Crippen molar-refractivity contribution >= 4 is 27.4 Å². The number of hydrogen-bond donors (Lipinski definition) is 1. The molecule has 0 saturated carbocycles. The van der Waals surface area contributed by atoms with Crippen molar-refractivity contribution in [1.82, 2.24) is 14.6 Å². The van der Waals surface area contributed by atoms with Gasteiger partial charge in [0, 0.05) is 0 Å². The van der Waals surface area contributed by atoms with Gasteiger partial charge >= 0.3 is 5.97 Å². The quantitative estimate of drug-likeness (QED) is 0.810.